The third kappa shape index (κ3) is 5.23. The van der Waals surface area contributed by atoms with Crippen LogP contribution in [0.5, 0.6) is 0 Å². The summed E-state index contributed by atoms with van der Waals surface area (Å²) in [5, 5.41) is 12.6. The van der Waals surface area contributed by atoms with Crippen molar-refractivity contribution >= 4 is 36.0 Å². The van der Waals surface area contributed by atoms with Gasteiger partial charge in [-0.1, -0.05) is 91.0 Å². The molecule has 0 aromatic heterocycles. The molecule has 1 fully saturated rings. The molecule has 1 saturated heterocycles. The summed E-state index contributed by atoms with van der Waals surface area (Å²) < 4.78 is 10.9. The standard InChI is InChI=1S/C29H24N2O7S/c32-17-37-25(20-14-8-3-9-15-20)26(34)30-22-27(35)31-23(21(33)16-39-28(22)31)29(36)38-24(18-10-4-1-5-11-18)19-12-6-2-7-13-19/h1-15,17,22,24-25,28,33H,16H2,(H,30,34)/t22?,25?,28-/m1/s1. The number of fused-ring (bicyclic) bond motifs is 1. The first-order valence-corrected chi connectivity index (χ1v) is 13.2. The number of esters is 1. The van der Waals surface area contributed by atoms with Crippen LogP contribution in [0.1, 0.15) is 28.9 Å². The monoisotopic (exact) mass is 544 g/mol. The zero-order chi connectivity index (χ0) is 27.4. The van der Waals surface area contributed by atoms with E-state index in [-0.39, 0.29) is 23.7 Å². The van der Waals surface area contributed by atoms with Gasteiger partial charge in [0.2, 0.25) is 6.10 Å². The van der Waals surface area contributed by atoms with Gasteiger partial charge < -0.3 is 19.9 Å². The van der Waals surface area contributed by atoms with Crippen LogP contribution in [0.4, 0.5) is 0 Å². The summed E-state index contributed by atoms with van der Waals surface area (Å²) >= 11 is 1.19. The van der Waals surface area contributed by atoms with Crippen LogP contribution in [0.3, 0.4) is 0 Å². The molecule has 39 heavy (non-hydrogen) atoms. The number of nitrogens with zero attached hydrogens (tertiary/aromatic N) is 1. The van der Waals surface area contributed by atoms with E-state index < -0.39 is 41.4 Å². The fourth-order valence-electron chi connectivity index (χ4n) is 4.54. The molecule has 2 amide bonds. The molecule has 0 saturated carbocycles. The number of carbonyl (C=O) groups excluding carboxylic acids is 4. The van der Waals surface area contributed by atoms with Gasteiger partial charge in [0.15, 0.2) is 11.8 Å². The van der Waals surface area contributed by atoms with Crippen molar-refractivity contribution in [3.05, 3.63) is 119 Å². The highest BCUT2D eigenvalue weighted by molar-refractivity contribution is 8.00. The Labute approximate surface area is 228 Å². The molecular formula is C29H24N2O7S. The molecule has 2 aliphatic heterocycles. The maximum Gasteiger partial charge on any atom is 0.359 e. The molecule has 2 unspecified atom stereocenters. The Kier molecular flexibility index (Phi) is 7.64. The fraction of sp³-hybridized carbons (Fsp3) is 0.172. The number of β-lactam (4-membered cyclic amide) rings is 1. The van der Waals surface area contributed by atoms with E-state index in [1.54, 1.807) is 30.3 Å². The van der Waals surface area contributed by atoms with E-state index in [0.29, 0.717) is 5.56 Å². The molecule has 198 valence electrons. The van der Waals surface area contributed by atoms with Crippen molar-refractivity contribution in [2.45, 2.75) is 23.6 Å². The number of aliphatic hydroxyl groups is 1. The van der Waals surface area contributed by atoms with E-state index in [4.69, 9.17) is 9.47 Å². The highest BCUT2D eigenvalue weighted by Crippen LogP contribution is 2.41. The molecule has 5 rings (SSSR count). The molecular weight excluding hydrogens is 520 g/mol. The number of benzene rings is 3. The third-order valence-electron chi connectivity index (χ3n) is 6.40. The Balaban J connectivity index is 1.34. The number of hydrogen-bond donors (Lipinski definition) is 2. The summed E-state index contributed by atoms with van der Waals surface area (Å²) in [4.78, 5) is 51.7. The van der Waals surface area contributed by atoms with Crippen molar-refractivity contribution in [3.8, 4) is 0 Å². The summed E-state index contributed by atoms with van der Waals surface area (Å²) in [6, 6.07) is 25.7. The zero-order valence-corrected chi connectivity index (χ0v) is 21.3. The van der Waals surface area contributed by atoms with Gasteiger partial charge >= 0.3 is 5.97 Å². The number of hydrogen-bond acceptors (Lipinski definition) is 8. The average molecular weight is 545 g/mol. The van der Waals surface area contributed by atoms with Crippen molar-refractivity contribution < 1.29 is 33.8 Å². The molecule has 2 heterocycles. The van der Waals surface area contributed by atoms with Gasteiger partial charge in [0.05, 0.1) is 5.75 Å². The van der Waals surface area contributed by atoms with Crippen LogP contribution in [0, 0.1) is 0 Å². The molecule has 0 bridgehead atoms. The van der Waals surface area contributed by atoms with E-state index in [2.05, 4.69) is 5.32 Å². The lowest BCUT2D eigenvalue weighted by atomic mass is 10.0. The highest BCUT2D eigenvalue weighted by atomic mass is 32.2. The van der Waals surface area contributed by atoms with Crippen LogP contribution in [0.15, 0.2) is 102 Å². The maximum absolute atomic E-state index is 13.4. The second-order valence-corrected chi connectivity index (χ2v) is 9.93. The van der Waals surface area contributed by atoms with Crippen LogP contribution in [0.25, 0.3) is 0 Å². The molecule has 0 spiro atoms. The summed E-state index contributed by atoms with van der Waals surface area (Å²) in [5.74, 6) is -2.37. The SMILES string of the molecule is O=COC(C(=O)NC1C(=O)N2C(C(=O)OC(c3ccccc3)c3ccccc3)=C(O)CS[C@H]12)c1ccccc1. The number of thioether (sulfide) groups is 1. The van der Waals surface area contributed by atoms with Crippen LogP contribution in [-0.4, -0.2) is 51.4 Å². The molecule has 2 N–H and O–H groups in total. The van der Waals surface area contributed by atoms with Crippen molar-refractivity contribution in [2.75, 3.05) is 5.75 Å². The van der Waals surface area contributed by atoms with Crippen molar-refractivity contribution in [3.63, 3.8) is 0 Å². The largest absolute Gasteiger partial charge is 0.509 e. The predicted molar refractivity (Wildman–Crippen MR) is 142 cm³/mol. The summed E-state index contributed by atoms with van der Waals surface area (Å²) in [7, 11) is 0. The number of aliphatic hydroxyl groups excluding tert-OH is 1. The van der Waals surface area contributed by atoms with E-state index in [1.165, 1.54) is 11.8 Å². The molecule has 0 aliphatic carbocycles. The van der Waals surface area contributed by atoms with Gasteiger partial charge in [-0.2, -0.15) is 0 Å². The minimum atomic E-state index is -1.25. The van der Waals surface area contributed by atoms with Crippen molar-refractivity contribution in [1.29, 1.82) is 0 Å². The van der Waals surface area contributed by atoms with Crippen LogP contribution in [0.2, 0.25) is 0 Å². The number of rotatable bonds is 9. The van der Waals surface area contributed by atoms with Gasteiger partial charge in [0.25, 0.3) is 18.3 Å². The van der Waals surface area contributed by atoms with E-state index in [1.807, 2.05) is 60.7 Å². The van der Waals surface area contributed by atoms with Gasteiger partial charge in [-0.25, -0.2) is 4.79 Å². The first kappa shape index (κ1) is 26.1. The second-order valence-electron chi connectivity index (χ2n) is 8.82. The molecule has 3 aromatic carbocycles. The predicted octanol–water partition coefficient (Wildman–Crippen LogP) is 3.40. The van der Waals surface area contributed by atoms with Crippen LogP contribution >= 0.6 is 11.8 Å². The van der Waals surface area contributed by atoms with Gasteiger partial charge in [0.1, 0.15) is 17.2 Å². The smallest absolute Gasteiger partial charge is 0.359 e. The Bertz CT molecular complexity index is 1360. The normalized spacial score (nSPS) is 19.0. The van der Waals surface area contributed by atoms with Gasteiger partial charge in [-0.15, -0.1) is 11.8 Å². The number of carbonyl (C=O) groups is 4. The molecule has 9 nitrogen and oxygen atoms in total. The lowest BCUT2D eigenvalue weighted by Gasteiger charge is -2.49. The molecule has 10 heteroatoms. The number of ether oxygens (including phenoxy) is 2. The Morgan fingerprint density at radius 3 is 2.00 bits per heavy atom. The average Bonchev–Trinajstić information content (AvgIpc) is 2.98. The van der Waals surface area contributed by atoms with Gasteiger partial charge in [-0.3, -0.25) is 19.3 Å². The minimum absolute atomic E-state index is 0.0412. The summed E-state index contributed by atoms with van der Waals surface area (Å²) in [6.07, 6.45) is -2.02. The summed E-state index contributed by atoms with van der Waals surface area (Å²) in [5.41, 5.74) is 1.63. The molecule has 0 radical (unpaired) electrons. The van der Waals surface area contributed by atoms with E-state index >= 15 is 0 Å². The van der Waals surface area contributed by atoms with Gasteiger partial charge in [0, 0.05) is 5.56 Å². The molecule has 3 aromatic rings. The highest BCUT2D eigenvalue weighted by Gasteiger charge is 2.55. The zero-order valence-electron chi connectivity index (χ0n) is 20.5. The van der Waals surface area contributed by atoms with E-state index in [9.17, 15) is 24.3 Å². The summed E-state index contributed by atoms with van der Waals surface area (Å²) in [6.45, 7) is 0.173. The van der Waals surface area contributed by atoms with E-state index in [0.717, 1.165) is 16.0 Å². The van der Waals surface area contributed by atoms with Crippen LogP contribution in [-0.2, 0) is 28.7 Å². The maximum atomic E-state index is 13.4. The quantitative estimate of drug-likeness (QED) is 0.239. The first-order valence-electron chi connectivity index (χ1n) is 12.1. The van der Waals surface area contributed by atoms with Crippen LogP contribution < -0.4 is 5.32 Å². The number of amides is 2. The molecule has 2 aliphatic rings. The fourth-order valence-corrected chi connectivity index (χ4v) is 5.75. The lowest BCUT2D eigenvalue weighted by Crippen LogP contribution is -2.71. The van der Waals surface area contributed by atoms with Crippen molar-refractivity contribution in [2.24, 2.45) is 0 Å². The lowest BCUT2D eigenvalue weighted by molar-refractivity contribution is -0.156. The Morgan fingerprint density at radius 1 is 0.923 bits per heavy atom. The second kappa shape index (κ2) is 11.4. The minimum Gasteiger partial charge on any atom is -0.509 e. The van der Waals surface area contributed by atoms with Gasteiger partial charge in [-0.05, 0) is 11.1 Å². The first-order chi connectivity index (χ1) is 19.0. The Morgan fingerprint density at radius 2 is 1.46 bits per heavy atom. The number of nitrogens with one attached hydrogen (secondary N) is 1. The Hall–Kier alpha value is -4.57. The third-order valence-corrected chi connectivity index (χ3v) is 7.67. The van der Waals surface area contributed by atoms with Crippen molar-refractivity contribution in [1.82, 2.24) is 10.2 Å². The topological polar surface area (TPSA) is 122 Å². The molecule has 3 atom stereocenters.